The SMILES string of the molecule is Cc1cnn(Cc2cc(F)ccc2F)c1NC(=O)c1ccc2c(c1)C(=O)N(Cc1ccccc1)C2=O. The second kappa shape index (κ2) is 9.18. The van der Waals surface area contributed by atoms with Gasteiger partial charge >= 0.3 is 0 Å². The molecule has 9 heteroatoms. The number of nitrogens with one attached hydrogen (secondary N) is 1. The van der Waals surface area contributed by atoms with Gasteiger partial charge in [0.2, 0.25) is 0 Å². The van der Waals surface area contributed by atoms with Gasteiger partial charge in [-0.05, 0) is 48.9 Å². The topological polar surface area (TPSA) is 84.3 Å². The molecule has 0 bridgehead atoms. The molecule has 3 aromatic carbocycles. The monoisotopic (exact) mass is 486 g/mol. The number of anilines is 1. The minimum atomic E-state index is -0.594. The minimum absolute atomic E-state index is 0.0775. The van der Waals surface area contributed by atoms with Gasteiger partial charge in [0, 0.05) is 16.7 Å². The molecule has 2 heterocycles. The standard InChI is InChI=1S/C27H20F2N4O3/c1-16-13-30-33(15-19-11-20(28)8-10-23(19)29)24(16)31-25(34)18-7-9-21-22(12-18)27(36)32(26(21)35)14-17-5-3-2-4-6-17/h2-13H,14-15H2,1H3,(H,31,34). The summed E-state index contributed by atoms with van der Waals surface area (Å²) in [6.45, 7) is 1.75. The van der Waals surface area contributed by atoms with Gasteiger partial charge in [0.25, 0.3) is 17.7 Å². The van der Waals surface area contributed by atoms with Crippen LogP contribution >= 0.6 is 0 Å². The molecule has 0 aliphatic carbocycles. The van der Waals surface area contributed by atoms with Gasteiger partial charge in [-0.1, -0.05) is 30.3 Å². The molecular weight excluding hydrogens is 466 g/mol. The fourth-order valence-corrected chi connectivity index (χ4v) is 4.11. The number of halogens is 2. The Kier molecular flexibility index (Phi) is 5.89. The Bertz CT molecular complexity index is 1510. The van der Waals surface area contributed by atoms with Crippen molar-refractivity contribution in [1.29, 1.82) is 0 Å². The highest BCUT2D eigenvalue weighted by molar-refractivity contribution is 6.22. The number of rotatable bonds is 6. The van der Waals surface area contributed by atoms with Crippen LogP contribution in [-0.4, -0.2) is 32.4 Å². The molecule has 1 aliphatic rings. The summed E-state index contributed by atoms with van der Waals surface area (Å²) >= 11 is 0. The lowest BCUT2D eigenvalue weighted by molar-refractivity contribution is 0.0642. The third-order valence-electron chi connectivity index (χ3n) is 6.00. The summed E-state index contributed by atoms with van der Waals surface area (Å²) in [5, 5.41) is 6.90. The first-order chi connectivity index (χ1) is 17.3. The molecule has 0 spiro atoms. The van der Waals surface area contributed by atoms with E-state index in [0.717, 1.165) is 28.7 Å². The zero-order valence-corrected chi connectivity index (χ0v) is 19.2. The van der Waals surface area contributed by atoms with Crippen LogP contribution in [0.25, 0.3) is 0 Å². The van der Waals surface area contributed by atoms with Gasteiger partial charge in [-0.25, -0.2) is 13.5 Å². The van der Waals surface area contributed by atoms with Crippen molar-refractivity contribution in [2.45, 2.75) is 20.0 Å². The first-order valence-corrected chi connectivity index (χ1v) is 11.1. The van der Waals surface area contributed by atoms with Crippen molar-refractivity contribution in [2.75, 3.05) is 5.32 Å². The van der Waals surface area contributed by atoms with Crippen LogP contribution in [0.3, 0.4) is 0 Å². The summed E-state index contributed by atoms with van der Waals surface area (Å²) < 4.78 is 29.1. The van der Waals surface area contributed by atoms with Gasteiger partial charge in [0.15, 0.2) is 0 Å². The lowest BCUT2D eigenvalue weighted by atomic mass is 10.1. The van der Waals surface area contributed by atoms with Gasteiger partial charge in [-0.2, -0.15) is 5.10 Å². The van der Waals surface area contributed by atoms with Crippen LogP contribution in [0.15, 0.2) is 72.9 Å². The van der Waals surface area contributed by atoms with E-state index < -0.39 is 29.4 Å². The molecule has 3 amide bonds. The van der Waals surface area contributed by atoms with E-state index in [0.29, 0.717) is 11.4 Å². The Morgan fingerprint density at radius 1 is 0.917 bits per heavy atom. The fraction of sp³-hybridized carbons (Fsp3) is 0.111. The van der Waals surface area contributed by atoms with Crippen LogP contribution in [0.4, 0.5) is 14.6 Å². The number of carbonyl (C=O) groups excluding carboxylic acids is 3. The molecule has 1 aliphatic heterocycles. The average Bonchev–Trinajstić information content (AvgIpc) is 3.33. The Labute approximate surface area is 205 Å². The van der Waals surface area contributed by atoms with E-state index in [1.165, 1.54) is 29.1 Å². The predicted octanol–water partition coefficient (Wildman–Crippen LogP) is 4.57. The van der Waals surface area contributed by atoms with Gasteiger partial charge in [0.05, 0.1) is 30.4 Å². The summed E-state index contributed by atoms with van der Waals surface area (Å²) in [5.41, 5.74) is 2.05. The van der Waals surface area contributed by atoms with Crippen LogP contribution in [0, 0.1) is 18.6 Å². The number of nitrogens with zero attached hydrogens (tertiary/aromatic N) is 3. The number of amides is 3. The zero-order chi connectivity index (χ0) is 25.4. The van der Waals surface area contributed by atoms with Crippen molar-refractivity contribution in [3.8, 4) is 0 Å². The van der Waals surface area contributed by atoms with Crippen molar-refractivity contribution in [3.05, 3.63) is 118 Å². The Morgan fingerprint density at radius 2 is 1.67 bits per heavy atom. The molecule has 0 unspecified atom stereocenters. The largest absolute Gasteiger partial charge is 0.307 e. The quantitative estimate of drug-likeness (QED) is 0.405. The number of imide groups is 1. The zero-order valence-electron chi connectivity index (χ0n) is 19.2. The molecule has 0 saturated heterocycles. The Hall–Kier alpha value is -4.66. The smallest absolute Gasteiger partial charge is 0.261 e. The molecule has 7 nitrogen and oxygen atoms in total. The predicted molar refractivity (Wildman–Crippen MR) is 127 cm³/mol. The third kappa shape index (κ3) is 4.26. The molecule has 0 fully saturated rings. The van der Waals surface area contributed by atoms with Crippen molar-refractivity contribution >= 4 is 23.5 Å². The summed E-state index contributed by atoms with van der Waals surface area (Å²) in [7, 11) is 0. The molecule has 180 valence electrons. The normalized spacial score (nSPS) is 12.7. The molecule has 0 saturated carbocycles. The molecular formula is C27H20F2N4O3. The molecule has 1 N–H and O–H groups in total. The van der Waals surface area contributed by atoms with Gasteiger partial charge < -0.3 is 5.32 Å². The molecule has 1 aromatic heterocycles. The number of benzene rings is 3. The molecule has 0 atom stereocenters. The van der Waals surface area contributed by atoms with Crippen molar-refractivity contribution in [1.82, 2.24) is 14.7 Å². The third-order valence-corrected chi connectivity index (χ3v) is 6.00. The summed E-state index contributed by atoms with van der Waals surface area (Å²) in [6, 6.07) is 16.6. The maximum atomic E-state index is 14.1. The van der Waals surface area contributed by atoms with Gasteiger partial charge in [-0.15, -0.1) is 0 Å². The van der Waals surface area contributed by atoms with E-state index in [1.807, 2.05) is 30.3 Å². The van der Waals surface area contributed by atoms with Crippen molar-refractivity contribution in [3.63, 3.8) is 0 Å². The van der Waals surface area contributed by atoms with E-state index in [9.17, 15) is 23.2 Å². The summed E-state index contributed by atoms with van der Waals surface area (Å²) in [4.78, 5) is 40.0. The van der Waals surface area contributed by atoms with E-state index in [1.54, 1.807) is 6.92 Å². The number of hydrogen-bond acceptors (Lipinski definition) is 4. The van der Waals surface area contributed by atoms with E-state index in [-0.39, 0.29) is 35.3 Å². The summed E-state index contributed by atoms with van der Waals surface area (Å²) in [5.74, 6) is -2.31. The fourth-order valence-electron chi connectivity index (χ4n) is 4.11. The first-order valence-electron chi connectivity index (χ1n) is 11.1. The number of fused-ring (bicyclic) bond motifs is 1. The number of carbonyl (C=O) groups is 3. The first kappa shape index (κ1) is 23.1. The van der Waals surface area contributed by atoms with Crippen LogP contribution in [0.5, 0.6) is 0 Å². The van der Waals surface area contributed by atoms with Gasteiger partial charge in [0.1, 0.15) is 17.5 Å². The molecule has 4 aromatic rings. The van der Waals surface area contributed by atoms with Gasteiger partial charge in [-0.3, -0.25) is 19.3 Å². The van der Waals surface area contributed by atoms with E-state index >= 15 is 0 Å². The Balaban J connectivity index is 1.37. The number of aromatic nitrogens is 2. The lowest BCUT2D eigenvalue weighted by Crippen LogP contribution is -2.29. The lowest BCUT2D eigenvalue weighted by Gasteiger charge is -2.13. The van der Waals surface area contributed by atoms with Crippen LogP contribution in [-0.2, 0) is 13.1 Å². The van der Waals surface area contributed by atoms with E-state index in [2.05, 4.69) is 10.4 Å². The van der Waals surface area contributed by atoms with Crippen molar-refractivity contribution < 1.29 is 23.2 Å². The highest BCUT2D eigenvalue weighted by Gasteiger charge is 2.36. The minimum Gasteiger partial charge on any atom is -0.307 e. The maximum absolute atomic E-state index is 14.1. The summed E-state index contributed by atoms with van der Waals surface area (Å²) in [6.07, 6.45) is 1.50. The number of aryl methyl sites for hydroxylation is 1. The highest BCUT2D eigenvalue weighted by Crippen LogP contribution is 2.26. The maximum Gasteiger partial charge on any atom is 0.261 e. The van der Waals surface area contributed by atoms with Crippen LogP contribution < -0.4 is 5.32 Å². The molecule has 0 radical (unpaired) electrons. The van der Waals surface area contributed by atoms with Crippen LogP contribution in [0.1, 0.15) is 47.8 Å². The highest BCUT2D eigenvalue weighted by atomic mass is 19.1. The van der Waals surface area contributed by atoms with E-state index in [4.69, 9.17) is 0 Å². The Morgan fingerprint density at radius 3 is 2.44 bits per heavy atom. The van der Waals surface area contributed by atoms with Crippen molar-refractivity contribution in [2.24, 2.45) is 0 Å². The van der Waals surface area contributed by atoms with Crippen LogP contribution in [0.2, 0.25) is 0 Å². The molecule has 5 rings (SSSR count). The number of hydrogen-bond donors (Lipinski definition) is 1. The second-order valence-corrected chi connectivity index (χ2v) is 8.47. The average molecular weight is 486 g/mol. The second-order valence-electron chi connectivity index (χ2n) is 8.47. The molecule has 36 heavy (non-hydrogen) atoms.